The molecule has 0 amide bonds. The van der Waals surface area contributed by atoms with Crippen LogP contribution in [0.15, 0.2) is 28.9 Å². The molecule has 0 spiro atoms. The molecule has 84 valence electrons. The van der Waals surface area contributed by atoms with E-state index in [1.54, 1.807) is 11.3 Å². The van der Waals surface area contributed by atoms with Crippen molar-refractivity contribution in [2.45, 2.75) is 6.54 Å². The highest BCUT2D eigenvalue weighted by Gasteiger charge is 2.06. The van der Waals surface area contributed by atoms with Crippen LogP contribution < -0.4 is 5.32 Å². The molecule has 2 nitrogen and oxygen atoms in total. The predicted molar refractivity (Wildman–Crippen MR) is 73.0 cm³/mol. The summed E-state index contributed by atoms with van der Waals surface area (Å²) >= 11 is 11.1. The first kappa shape index (κ1) is 12.0. The van der Waals surface area contributed by atoms with Crippen LogP contribution in [-0.4, -0.2) is 12.0 Å². The third kappa shape index (κ3) is 2.63. The van der Waals surface area contributed by atoms with Gasteiger partial charge in [-0.05, 0) is 35.1 Å². The van der Waals surface area contributed by atoms with Crippen molar-refractivity contribution in [3.05, 3.63) is 38.8 Å². The minimum absolute atomic E-state index is 0.711. The lowest BCUT2D eigenvalue weighted by atomic mass is 10.2. The van der Waals surface area contributed by atoms with Crippen LogP contribution in [0.1, 0.15) is 4.88 Å². The summed E-state index contributed by atoms with van der Waals surface area (Å²) in [6, 6.07) is 5.88. The van der Waals surface area contributed by atoms with Gasteiger partial charge in [0.15, 0.2) is 0 Å². The topological polar surface area (TPSA) is 24.9 Å². The first-order valence-corrected chi connectivity index (χ1v) is 6.74. The number of hydrogen-bond acceptors (Lipinski definition) is 3. The van der Waals surface area contributed by atoms with E-state index in [-0.39, 0.29) is 0 Å². The van der Waals surface area contributed by atoms with E-state index in [1.807, 2.05) is 31.4 Å². The Morgan fingerprint density at radius 2 is 2.31 bits per heavy atom. The molecule has 0 radical (unpaired) electrons. The second kappa shape index (κ2) is 5.27. The van der Waals surface area contributed by atoms with Gasteiger partial charge in [-0.1, -0.05) is 17.7 Å². The molecule has 2 rings (SSSR count). The van der Waals surface area contributed by atoms with Crippen molar-refractivity contribution in [1.82, 2.24) is 10.3 Å². The average Bonchev–Trinajstić information content (AvgIpc) is 2.71. The number of hydrogen-bond donors (Lipinski definition) is 1. The SMILES string of the molecule is CNCc1cnc(-c2ccc(Br)c(Cl)c2)s1. The van der Waals surface area contributed by atoms with Gasteiger partial charge in [0.1, 0.15) is 5.01 Å². The Bertz CT molecular complexity index is 498. The molecular formula is C11H10BrClN2S. The van der Waals surface area contributed by atoms with E-state index >= 15 is 0 Å². The van der Waals surface area contributed by atoms with Gasteiger partial charge in [0.05, 0.1) is 5.02 Å². The molecule has 0 unspecified atom stereocenters. The van der Waals surface area contributed by atoms with Gasteiger partial charge in [-0.3, -0.25) is 0 Å². The summed E-state index contributed by atoms with van der Waals surface area (Å²) in [5.74, 6) is 0. The van der Waals surface area contributed by atoms with E-state index in [0.29, 0.717) is 5.02 Å². The lowest BCUT2D eigenvalue weighted by Crippen LogP contribution is -2.02. The van der Waals surface area contributed by atoms with Gasteiger partial charge >= 0.3 is 0 Å². The van der Waals surface area contributed by atoms with E-state index in [4.69, 9.17) is 11.6 Å². The molecule has 0 aliphatic carbocycles. The highest BCUT2D eigenvalue weighted by atomic mass is 79.9. The Hall–Kier alpha value is -0.420. The lowest BCUT2D eigenvalue weighted by Gasteiger charge is -1.99. The van der Waals surface area contributed by atoms with Crippen molar-refractivity contribution >= 4 is 38.9 Å². The summed E-state index contributed by atoms with van der Waals surface area (Å²) in [7, 11) is 1.93. The van der Waals surface area contributed by atoms with Gasteiger partial charge in [0.25, 0.3) is 0 Å². The molecule has 2 aromatic rings. The molecule has 0 atom stereocenters. The molecule has 0 aliphatic rings. The van der Waals surface area contributed by atoms with Crippen LogP contribution in [0.4, 0.5) is 0 Å². The number of nitrogens with one attached hydrogen (secondary N) is 1. The molecule has 1 heterocycles. The second-order valence-electron chi connectivity index (χ2n) is 3.29. The highest BCUT2D eigenvalue weighted by molar-refractivity contribution is 9.10. The van der Waals surface area contributed by atoms with Crippen molar-refractivity contribution in [1.29, 1.82) is 0 Å². The van der Waals surface area contributed by atoms with Crippen LogP contribution >= 0.6 is 38.9 Å². The van der Waals surface area contributed by atoms with Crippen LogP contribution in [0.2, 0.25) is 5.02 Å². The highest BCUT2D eigenvalue weighted by Crippen LogP contribution is 2.30. The zero-order chi connectivity index (χ0) is 11.5. The van der Waals surface area contributed by atoms with Crippen LogP contribution in [0.25, 0.3) is 10.6 Å². The number of halogens is 2. The summed E-state index contributed by atoms with van der Waals surface area (Å²) in [4.78, 5) is 5.60. The van der Waals surface area contributed by atoms with Crippen LogP contribution in [-0.2, 0) is 6.54 Å². The molecular weight excluding hydrogens is 308 g/mol. The molecule has 16 heavy (non-hydrogen) atoms. The quantitative estimate of drug-likeness (QED) is 0.927. The Labute approximate surface area is 112 Å². The van der Waals surface area contributed by atoms with Crippen molar-refractivity contribution in [3.63, 3.8) is 0 Å². The monoisotopic (exact) mass is 316 g/mol. The van der Waals surface area contributed by atoms with Crippen molar-refractivity contribution in [3.8, 4) is 10.6 Å². The number of benzene rings is 1. The minimum Gasteiger partial charge on any atom is -0.315 e. The zero-order valence-corrected chi connectivity index (χ0v) is 11.8. The van der Waals surface area contributed by atoms with E-state index < -0.39 is 0 Å². The van der Waals surface area contributed by atoms with Crippen molar-refractivity contribution in [2.75, 3.05) is 7.05 Å². The second-order valence-corrected chi connectivity index (χ2v) is 5.67. The molecule has 1 aromatic carbocycles. The normalized spacial score (nSPS) is 10.7. The summed E-state index contributed by atoms with van der Waals surface area (Å²) in [5.41, 5.74) is 1.06. The first-order chi connectivity index (χ1) is 7.70. The fraction of sp³-hybridized carbons (Fsp3) is 0.182. The van der Waals surface area contributed by atoms with E-state index in [1.165, 1.54) is 4.88 Å². The number of nitrogens with zero attached hydrogens (tertiary/aromatic N) is 1. The van der Waals surface area contributed by atoms with E-state index in [0.717, 1.165) is 21.6 Å². The maximum atomic E-state index is 6.05. The Morgan fingerprint density at radius 1 is 1.50 bits per heavy atom. The smallest absolute Gasteiger partial charge is 0.123 e. The van der Waals surface area contributed by atoms with Crippen LogP contribution in [0.5, 0.6) is 0 Å². The fourth-order valence-corrected chi connectivity index (χ4v) is 2.67. The third-order valence-electron chi connectivity index (χ3n) is 2.07. The summed E-state index contributed by atoms with van der Waals surface area (Å²) in [5, 5.41) is 4.82. The predicted octanol–water partition coefficient (Wildman–Crippen LogP) is 3.95. The molecule has 0 bridgehead atoms. The number of aromatic nitrogens is 1. The third-order valence-corrected chi connectivity index (χ3v) is 4.35. The standard InChI is InChI=1S/C11H10BrClN2S/c1-14-5-8-6-15-11(16-8)7-2-3-9(12)10(13)4-7/h2-4,6,14H,5H2,1H3. The maximum absolute atomic E-state index is 6.05. The molecule has 0 aliphatic heterocycles. The Morgan fingerprint density at radius 3 is 3.00 bits per heavy atom. The molecule has 0 fully saturated rings. The Kier molecular flexibility index (Phi) is 3.97. The van der Waals surface area contributed by atoms with Crippen molar-refractivity contribution < 1.29 is 0 Å². The van der Waals surface area contributed by atoms with Gasteiger partial charge in [0.2, 0.25) is 0 Å². The van der Waals surface area contributed by atoms with Gasteiger partial charge < -0.3 is 5.32 Å². The Balaban J connectivity index is 2.31. The van der Waals surface area contributed by atoms with Crippen LogP contribution in [0.3, 0.4) is 0 Å². The van der Waals surface area contributed by atoms with Gasteiger partial charge in [-0.2, -0.15) is 0 Å². The largest absolute Gasteiger partial charge is 0.315 e. The summed E-state index contributed by atoms with van der Waals surface area (Å²) < 4.78 is 0.907. The lowest BCUT2D eigenvalue weighted by molar-refractivity contribution is 0.829. The first-order valence-electron chi connectivity index (χ1n) is 4.75. The minimum atomic E-state index is 0.711. The summed E-state index contributed by atoms with van der Waals surface area (Å²) in [6.45, 7) is 0.849. The van der Waals surface area contributed by atoms with Gasteiger partial charge in [-0.25, -0.2) is 4.98 Å². The van der Waals surface area contributed by atoms with E-state index in [9.17, 15) is 0 Å². The van der Waals surface area contributed by atoms with Gasteiger partial charge in [0, 0.05) is 27.7 Å². The zero-order valence-electron chi connectivity index (χ0n) is 8.63. The maximum Gasteiger partial charge on any atom is 0.123 e. The average molecular weight is 318 g/mol. The molecule has 5 heteroatoms. The fourth-order valence-electron chi connectivity index (χ4n) is 1.33. The number of rotatable bonds is 3. The van der Waals surface area contributed by atoms with Gasteiger partial charge in [-0.15, -0.1) is 11.3 Å². The molecule has 1 aromatic heterocycles. The molecule has 0 saturated carbocycles. The van der Waals surface area contributed by atoms with Crippen molar-refractivity contribution in [2.24, 2.45) is 0 Å². The summed E-state index contributed by atoms with van der Waals surface area (Å²) in [6.07, 6.45) is 1.90. The molecule has 1 N–H and O–H groups in total. The number of thiazole rings is 1. The molecule has 0 saturated heterocycles. The van der Waals surface area contributed by atoms with Crippen LogP contribution in [0, 0.1) is 0 Å². The van der Waals surface area contributed by atoms with E-state index in [2.05, 4.69) is 26.2 Å².